The first-order chi connectivity index (χ1) is 19.5. The van der Waals surface area contributed by atoms with E-state index in [0.29, 0.717) is 16.8 Å². The molecule has 1 N–H and O–H groups in total. The van der Waals surface area contributed by atoms with Crippen LogP contribution in [0.3, 0.4) is 0 Å². The van der Waals surface area contributed by atoms with Crippen molar-refractivity contribution in [2.45, 2.75) is 57.7 Å². The Morgan fingerprint density at radius 1 is 1.02 bits per heavy atom. The van der Waals surface area contributed by atoms with Gasteiger partial charge < -0.3 is 10.2 Å². The number of carbonyl (C=O) groups is 1. The molecule has 0 unspecified atom stereocenters. The Morgan fingerprint density at radius 3 is 2.33 bits per heavy atom. The molecular weight excluding hydrogens is 571 g/mol. The van der Waals surface area contributed by atoms with Crippen molar-refractivity contribution in [1.29, 1.82) is 0 Å². The standard InChI is InChI=1S/C29H28F3N5O4S/c1-17-15-37(41-18(2)38)35-26(17)19-6-12-23-24(14-19)36(16-20-7-13-25(29(30,31)32)34-27(20)33-23)42(39,40)22-10-8-21(9-11-22)28(3,4)5/h6-15H,16H2,1-5H3,(H,33,34). The minimum absolute atomic E-state index is 0.0190. The molecule has 0 saturated carbocycles. The molecule has 0 bridgehead atoms. The monoisotopic (exact) mass is 599 g/mol. The fourth-order valence-electron chi connectivity index (χ4n) is 4.61. The maximum absolute atomic E-state index is 14.2. The molecule has 4 aromatic rings. The van der Waals surface area contributed by atoms with Gasteiger partial charge in [0, 0.05) is 18.1 Å². The van der Waals surface area contributed by atoms with Gasteiger partial charge >= 0.3 is 12.1 Å². The summed E-state index contributed by atoms with van der Waals surface area (Å²) in [7, 11) is -4.21. The van der Waals surface area contributed by atoms with Crippen molar-refractivity contribution < 1.29 is 31.2 Å². The lowest BCUT2D eigenvalue weighted by molar-refractivity contribution is -0.143. The Balaban J connectivity index is 1.67. The fraction of sp³-hybridized carbons (Fsp3) is 0.276. The number of nitrogens with one attached hydrogen (secondary N) is 1. The molecular formula is C29H28F3N5O4S. The summed E-state index contributed by atoms with van der Waals surface area (Å²) >= 11 is 0. The molecule has 0 atom stereocenters. The lowest BCUT2D eigenvalue weighted by Crippen LogP contribution is -2.30. The number of alkyl halides is 3. The van der Waals surface area contributed by atoms with Gasteiger partial charge in [0.05, 0.1) is 34.7 Å². The van der Waals surface area contributed by atoms with Gasteiger partial charge in [0.1, 0.15) is 11.5 Å². The van der Waals surface area contributed by atoms with Crippen molar-refractivity contribution in [3.05, 3.63) is 83.2 Å². The van der Waals surface area contributed by atoms with Gasteiger partial charge in [-0.2, -0.15) is 13.2 Å². The second kappa shape index (κ2) is 10.2. The number of aryl methyl sites for hydroxylation is 1. The number of fused-ring (bicyclic) bond motifs is 2. The number of aromatic nitrogens is 3. The number of hydrogen-bond acceptors (Lipinski definition) is 7. The van der Waals surface area contributed by atoms with Crippen LogP contribution in [-0.2, 0) is 33.0 Å². The van der Waals surface area contributed by atoms with Crippen LogP contribution in [0.5, 0.6) is 0 Å². The van der Waals surface area contributed by atoms with E-state index in [4.69, 9.17) is 4.84 Å². The van der Waals surface area contributed by atoms with Crippen LogP contribution in [0.25, 0.3) is 11.3 Å². The van der Waals surface area contributed by atoms with Crippen molar-refractivity contribution in [1.82, 2.24) is 14.9 Å². The Labute approximate surface area is 241 Å². The van der Waals surface area contributed by atoms with E-state index >= 15 is 0 Å². The number of halogens is 3. The van der Waals surface area contributed by atoms with Crippen LogP contribution in [0.4, 0.5) is 30.4 Å². The highest BCUT2D eigenvalue weighted by Gasteiger charge is 2.36. The van der Waals surface area contributed by atoms with Crippen LogP contribution >= 0.6 is 0 Å². The number of benzene rings is 2. The molecule has 220 valence electrons. The van der Waals surface area contributed by atoms with Gasteiger partial charge in [-0.15, -0.1) is 5.10 Å². The van der Waals surface area contributed by atoms with E-state index in [1.54, 1.807) is 37.3 Å². The highest BCUT2D eigenvalue weighted by Crippen LogP contribution is 2.42. The van der Waals surface area contributed by atoms with Crippen molar-refractivity contribution in [3.8, 4) is 11.3 Å². The van der Waals surface area contributed by atoms with Crippen molar-refractivity contribution in [2.24, 2.45) is 0 Å². The first-order valence-electron chi connectivity index (χ1n) is 12.9. The normalized spacial score (nSPS) is 13.6. The molecule has 2 aromatic heterocycles. The van der Waals surface area contributed by atoms with Crippen LogP contribution in [-0.4, -0.2) is 29.3 Å². The van der Waals surface area contributed by atoms with E-state index in [-0.39, 0.29) is 39.6 Å². The topological polar surface area (TPSA) is 106 Å². The Kier molecular flexibility index (Phi) is 7.04. The van der Waals surface area contributed by atoms with Gasteiger partial charge in [-0.05, 0) is 53.8 Å². The zero-order chi connectivity index (χ0) is 30.6. The number of rotatable bonds is 4. The third-order valence-electron chi connectivity index (χ3n) is 6.78. The van der Waals surface area contributed by atoms with Gasteiger partial charge in [-0.25, -0.2) is 18.2 Å². The zero-order valence-corrected chi connectivity index (χ0v) is 24.3. The van der Waals surface area contributed by atoms with Gasteiger partial charge in [0.25, 0.3) is 10.0 Å². The third-order valence-corrected chi connectivity index (χ3v) is 8.56. The maximum Gasteiger partial charge on any atom is 0.433 e. The number of carbonyl (C=O) groups excluding carboxylic acids is 1. The number of anilines is 3. The van der Waals surface area contributed by atoms with E-state index in [0.717, 1.165) is 20.8 Å². The summed E-state index contributed by atoms with van der Waals surface area (Å²) < 4.78 is 69.9. The molecule has 0 fully saturated rings. The van der Waals surface area contributed by atoms with Crippen molar-refractivity contribution >= 4 is 33.2 Å². The molecule has 1 aliphatic rings. The summed E-state index contributed by atoms with van der Waals surface area (Å²) in [5.74, 6) is -0.677. The average molecular weight is 600 g/mol. The Hall–Kier alpha value is -4.39. The van der Waals surface area contributed by atoms with Crippen LogP contribution in [0, 0.1) is 6.92 Å². The predicted octanol–water partition coefficient (Wildman–Crippen LogP) is 6.00. The minimum atomic E-state index is -4.69. The summed E-state index contributed by atoms with van der Waals surface area (Å²) in [5.41, 5.74) is 1.86. The van der Waals surface area contributed by atoms with Crippen LogP contribution in [0.2, 0.25) is 0 Å². The Bertz CT molecular complexity index is 1790. The summed E-state index contributed by atoms with van der Waals surface area (Å²) in [4.78, 5) is 21.3. The van der Waals surface area contributed by atoms with Gasteiger partial charge in [-0.3, -0.25) is 4.31 Å². The molecule has 42 heavy (non-hydrogen) atoms. The van der Waals surface area contributed by atoms with Crippen LogP contribution in [0.1, 0.15) is 50.1 Å². The highest BCUT2D eigenvalue weighted by atomic mass is 32.2. The molecule has 0 spiro atoms. The molecule has 9 nitrogen and oxygen atoms in total. The van der Waals surface area contributed by atoms with E-state index < -0.39 is 27.9 Å². The number of pyridine rings is 1. The quantitative estimate of drug-likeness (QED) is 0.307. The number of nitrogens with zero attached hydrogens (tertiary/aromatic N) is 4. The lowest BCUT2D eigenvalue weighted by Gasteiger charge is -2.25. The summed E-state index contributed by atoms with van der Waals surface area (Å²) in [6.45, 7) is 8.73. The van der Waals surface area contributed by atoms with E-state index in [1.165, 1.54) is 31.3 Å². The molecule has 5 rings (SSSR count). The van der Waals surface area contributed by atoms with E-state index in [9.17, 15) is 26.4 Å². The molecule has 3 heterocycles. The molecule has 2 aromatic carbocycles. The number of sulfonamides is 1. The summed E-state index contributed by atoms with van der Waals surface area (Å²) in [6.07, 6.45) is -3.18. The molecule has 0 saturated heterocycles. The predicted molar refractivity (Wildman–Crippen MR) is 151 cm³/mol. The smallest absolute Gasteiger partial charge is 0.338 e. The second-order valence-electron chi connectivity index (χ2n) is 11.0. The van der Waals surface area contributed by atoms with Crippen LogP contribution < -0.4 is 14.5 Å². The lowest BCUT2D eigenvalue weighted by atomic mass is 9.87. The first kappa shape index (κ1) is 29.1. The molecule has 1 aliphatic heterocycles. The molecule has 0 radical (unpaired) electrons. The second-order valence-corrected chi connectivity index (χ2v) is 12.9. The first-order valence-corrected chi connectivity index (χ1v) is 14.3. The number of hydrogen-bond donors (Lipinski definition) is 1. The molecule has 0 amide bonds. The van der Waals surface area contributed by atoms with E-state index in [1.807, 2.05) is 20.8 Å². The largest absolute Gasteiger partial charge is 0.433 e. The minimum Gasteiger partial charge on any atom is -0.338 e. The van der Waals surface area contributed by atoms with Gasteiger partial charge in [0.2, 0.25) is 0 Å². The van der Waals surface area contributed by atoms with E-state index in [2.05, 4.69) is 15.4 Å². The average Bonchev–Trinajstić information content (AvgIpc) is 3.16. The van der Waals surface area contributed by atoms with Crippen molar-refractivity contribution in [3.63, 3.8) is 0 Å². The highest BCUT2D eigenvalue weighted by molar-refractivity contribution is 7.92. The SMILES string of the molecule is CC(=O)On1cc(C)c(-c2ccc3c(c2)N(S(=O)(=O)c2ccc(C(C)(C)C)cc2)Cc2ccc(C(F)(F)F)nc2N3)n1. The fourth-order valence-corrected chi connectivity index (χ4v) is 6.06. The van der Waals surface area contributed by atoms with Gasteiger partial charge in [-0.1, -0.05) is 49.9 Å². The Morgan fingerprint density at radius 2 is 1.71 bits per heavy atom. The van der Waals surface area contributed by atoms with Gasteiger partial charge in [0.15, 0.2) is 0 Å². The maximum atomic E-state index is 14.2. The molecule has 13 heteroatoms. The third kappa shape index (κ3) is 5.56. The zero-order valence-electron chi connectivity index (χ0n) is 23.4. The summed E-state index contributed by atoms with van der Waals surface area (Å²) in [5, 5.41) is 7.21. The summed E-state index contributed by atoms with van der Waals surface area (Å²) in [6, 6.07) is 13.4. The van der Waals surface area contributed by atoms with Crippen molar-refractivity contribution in [2.75, 3.05) is 9.62 Å². The molecule has 0 aliphatic carbocycles. The van der Waals surface area contributed by atoms with Crippen LogP contribution in [0.15, 0.2) is 65.7 Å².